The van der Waals surface area contributed by atoms with Gasteiger partial charge in [0.05, 0.1) is 23.8 Å². The van der Waals surface area contributed by atoms with Crippen LogP contribution < -0.4 is 10.6 Å². The third-order valence-electron chi connectivity index (χ3n) is 3.94. The molecular weight excluding hydrogens is 322 g/mol. The highest BCUT2D eigenvalue weighted by Gasteiger charge is 2.18. The van der Waals surface area contributed by atoms with Crippen LogP contribution in [0.15, 0.2) is 41.0 Å². The lowest BCUT2D eigenvalue weighted by atomic mass is 9.99. The summed E-state index contributed by atoms with van der Waals surface area (Å²) in [5.74, 6) is 0.596. The zero-order chi connectivity index (χ0) is 18.4. The number of hydrogen-bond donors (Lipinski definition) is 2. The summed E-state index contributed by atoms with van der Waals surface area (Å²) in [6.45, 7) is 6.28. The second kappa shape index (κ2) is 8.43. The number of nitro benzene ring substituents is 1. The normalized spacial score (nSPS) is 12.2. The molecule has 1 aromatic carbocycles. The molecule has 0 aliphatic heterocycles. The van der Waals surface area contributed by atoms with Crippen LogP contribution in [0.4, 0.5) is 5.69 Å². The number of rotatable bonds is 8. The summed E-state index contributed by atoms with van der Waals surface area (Å²) in [6.07, 6.45) is 1.55. The quantitative estimate of drug-likeness (QED) is 0.566. The number of hydrogen-bond acceptors (Lipinski definition) is 5. The SMILES string of the molecule is CC(NCc1ccc(C(C)C)c([N+](=O)[O-])c1)C(=O)NCc1ccco1. The zero-order valence-electron chi connectivity index (χ0n) is 14.6. The van der Waals surface area contributed by atoms with Crippen LogP contribution in [0.5, 0.6) is 0 Å². The molecule has 0 aliphatic rings. The van der Waals surface area contributed by atoms with E-state index < -0.39 is 6.04 Å². The molecule has 1 amide bonds. The summed E-state index contributed by atoms with van der Waals surface area (Å²) in [7, 11) is 0. The van der Waals surface area contributed by atoms with Gasteiger partial charge in [-0.3, -0.25) is 14.9 Å². The molecule has 0 saturated heterocycles. The van der Waals surface area contributed by atoms with Crippen LogP contribution in [0.1, 0.15) is 43.6 Å². The number of nitro groups is 1. The molecule has 2 N–H and O–H groups in total. The Balaban J connectivity index is 1.92. The van der Waals surface area contributed by atoms with Crippen LogP contribution in [-0.4, -0.2) is 16.9 Å². The van der Waals surface area contributed by atoms with E-state index in [1.165, 1.54) is 0 Å². The minimum absolute atomic E-state index is 0.0775. The fourth-order valence-electron chi connectivity index (χ4n) is 2.45. The van der Waals surface area contributed by atoms with Gasteiger partial charge in [-0.05, 0) is 30.5 Å². The number of nitrogens with zero attached hydrogens (tertiary/aromatic N) is 1. The van der Waals surface area contributed by atoms with Crippen LogP contribution in [0.3, 0.4) is 0 Å². The topological polar surface area (TPSA) is 97.4 Å². The Morgan fingerprint density at radius 2 is 2.00 bits per heavy atom. The summed E-state index contributed by atoms with van der Waals surface area (Å²) in [4.78, 5) is 22.9. The highest BCUT2D eigenvalue weighted by molar-refractivity contribution is 5.81. The van der Waals surface area contributed by atoms with Crippen molar-refractivity contribution in [2.75, 3.05) is 0 Å². The molecule has 1 atom stereocenters. The number of furan rings is 1. The van der Waals surface area contributed by atoms with E-state index in [1.807, 2.05) is 19.9 Å². The fraction of sp³-hybridized carbons (Fsp3) is 0.389. The predicted molar refractivity (Wildman–Crippen MR) is 94.0 cm³/mol. The third-order valence-corrected chi connectivity index (χ3v) is 3.94. The van der Waals surface area contributed by atoms with E-state index in [2.05, 4.69) is 10.6 Å². The van der Waals surface area contributed by atoms with Crippen LogP contribution in [0.25, 0.3) is 0 Å². The van der Waals surface area contributed by atoms with Crippen molar-refractivity contribution in [2.24, 2.45) is 0 Å². The van der Waals surface area contributed by atoms with Crippen molar-refractivity contribution in [1.82, 2.24) is 10.6 Å². The predicted octanol–water partition coefficient (Wildman–Crippen LogP) is 3.11. The maximum atomic E-state index is 12.1. The molecule has 0 bridgehead atoms. The van der Waals surface area contributed by atoms with Gasteiger partial charge in [-0.25, -0.2) is 0 Å². The highest BCUT2D eigenvalue weighted by Crippen LogP contribution is 2.27. The van der Waals surface area contributed by atoms with Crippen molar-refractivity contribution in [3.05, 3.63) is 63.6 Å². The Morgan fingerprint density at radius 3 is 2.60 bits per heavy atom. The third kappa shape index (κ3) is 5.15. The first-order chi connectivity index (χ1) is 11.9. The lowest BCUT2D eigenvalue weighted by molar-refractivity contribution is -0.385. The second-order valence-corrected chi connectivity index (χ2v) is 6.20. The lowest BCUT2D eigenvalue weighted by Gasteiger charge is -2.14. The summed E-state index contributed by atoms with van der Waals surface area (Å²) in [6, 6.07) is 8.31. The summed E-state index contributed by atoms with van der Waals surface area (Å²) < 4.78 is 5.16. The molecule has 7 heteroatoms. The van der Waals surface area contributed by atoms with Crippen LogP contribution in [0.2, 0.25) is 0 Å². The molecule has 25 heavy (non-hydrogen) atoms. The fourth-order valence-corrected chi connectivity index (χ4v) is 2.45. The van der Waals surface area contributed by atoms with Crippen molar-refractivity contribution in [1.29, 1.82) is 0 Å². The second-order valence-electron chi connectivity index (χ2n) is 6.20. The van der Waals surface area contributed by atoms with Crippen molar-refractivity contribution in [3.63, 3.8) is 0 Å². The largest absolute Gasteiger partial charge is 0.467 e. The van der Waals surface area contributed by atoms with E-state index in [-0.39, 0.29) is 22.4 Å². The zero-order valence-corrected chi connectivity index (χ0v) is 14.6. The molecule has 0 aliphatic carbocycles. The maximum Gasteiger partial charge on any atom is 0.273 e. The van der Waals surface area contributed by atoms with Crippen molar-refractivity contribution < 1.29 is 14.1 Å². The molecule has 2 aromatic rings. The van der Waals surface area contributed by atoms with Gasteiger partial charge in [0.2, 0.25) is 5.91 Å². The molecule has 0 spiro atoms. The number of benzene rings is 1. The van der Waals surface area contributed by atoms with Crippen molar-refractivity contribution >= 4 is 11.6 Å². The van der Waals surface area contributed by atoms with Gasteiger partial charge in [0, 0.05) is 18.2 Å². The minimum Gasteiger partial charge on any atom is -0.467 e. The molecule has 0 radical (unpaired) electrons. The number of nitrogens with one attached hydrogen (secondary N) is 2. The van der Waals surface area contributed by atoms with Crippen LogP contribution in [0, 0.1) is 10.1 Å². The van der Waals surface area contributed by atoms with E-state index in [1.54, 1.807) is 37.5 Å². The van der Waals surface area contributed by atoms with Crippen molar-refractivity contribution in [2.45, 2.75) is 45.8 Å². The first-order valence-electron chi connectivity index (χ1n) is 8.19. The van der Waals surface area contributed by atoms with Crippen LogP contribution >= 0.6 is 0 Å². The standard InChI is InChI=1S/C18H23N3O4/c1-12(2)16-7-6-14(9-17(16)21(23)24)10-19-13(3)18(22)20-11-15-5-4-8-25-15/h4-9,12-13,19H,10-11H2,1-3H3,(H,20,22). The number of carbonyl (C=O) groups is 1. The Morgan fingerprint density at radius 1 is 1.24 bits per heavy atom. The van der Waals surface area contributed by atoms with E-state index in [0.29, 0.717) is 24.4 Å². The van der Waals surface area contributed by atoms with Gasteiger partial charge in [0.15, 0.2) is 0 Å². The maximum absolute atomic E-state index is 12.1. The van der Waals surface area contributed by atoms with Crippen molar-refractivity contribution in [3.8, 4) is 0 Å². The van der Waals surface area contributed by atoms with Gasteiger partial charge < -0.3 is 15.1 Å². The minimum atomic E-state index is -0.432. The summed E-state index contributed by atoms with van der Waals surface area (Å²) in [5.41, 5.74) is 1.59. The number of carbonyl (C=O) groups excluding carboxylic acids is 1. The van der Waals surface area contributed by atoms with Gasteiger partial charge in [-0.1, -0.05) is 26.0 Å². The van der Waals surface area contributed by atoms with Crippen LogP contribution in [-0.2, 0) is 17.9 Å². The van der Waals surface area contributed by atoms with Gasteiger partial charge in [-0.2, -0.15) is 0 Å². The molecule has 0 fully saturated rings. The summed E-state index contributed by atoms with van der Waals surface area (Å²) in [5, 5.41) is 17.1. The van der Waals surface area contributed by atoms with Gasteiger partial charge in [0.1, 0.15) is 5.76 Å². The first kappa shape index (κ1) is 18.7. The molecule has 1 aromatic heterocycles. The Kier molecular flexibility index (Phi) is 6.30. The Hall–Kier alpha value is -2.67. The molecule has 2 rings (SSSR count). The average Bonchev–Trinajstić information content (AvgIpc) is 3.10. The monoisotopic (exact) mass is 345 g/mol. The molecule has 134 valence electrons. The molecular formula is C18H23N3O4. The van der Waals surface area contributed by atoms with E-state index >= 15 is 0 Å². The summed E-state index contributed by atoms with van der Waals surface area (Å²) >= 11 is 0. The smallest absolute Gasteiger partial charge is 0.273 e. The van der Waals surface area contributed by atoms with Gasteiger partial charge in [-0.15, -0.1) is 0 Å². The Labute approximate surface area is 146 Å². The van der Waals surface area contributed by atoms with Gasteiger partial charge in [0.25, 0.3) is 5.69 Å². The van der Waals surface area contributed by atoms with E-state index in [9.17, 15) is 14.9 Å². The molecule has 7 nitrogen and oxygen atoms in total. The molecule has 1 heterocycles. The average molecular weight is 345 g/mol. The van der Waals surface area contributed by atoms with E-state index in [4.69, 9.17) is 4.42 Å². The highest BCUT2D eigenvalue weighted by atomic mass is 16.6. The first-order valence-corrected chi connectivity index (χ1v) is 8.19. The Bertz CT molecular complexity index is 726. The molecule has 0 saturated carbocycles. The lowest BCUT2D eigenvalue weighted by Crippen LogP contribution is -2.41. The molecule has 1 unspecified atom stereocenters. The van der Waals surface area contributed by atoms with E-state index in [0.717, 1.165) is 5.56 Å². The number of amides is 1. The van der Waals surface area contributed by atoms with Gasteiger partial charge >= 0.3 is 0 Å².